The summed E-state index contributed by atoms with van der Waals surface area (Å²) in [6.07, 6.45) is -0.716. The van der Waals surface area contributed by atoms with Crippen molar-refractivity contribution in [3.63, 3.8) is 0 Å². The molecule has 158 valence electrons. The predicted octanol–water partition coefficient (Wildman–Crippen LogP) is 4.03. The molecule has 0 saturated carbocycles. The van der Waals surface area contributed by atoms with E-state index in [1.54, 1.807) is 11.3 Å². The van der Waals surface area contributed by atoms with Gasteiger partial charge in [-0.25, -0.2) is 0 Å². The van der Waals surface area contributed by atoms with E-state index in [1.807, 2.05) is 41.0 Å². The van der Waals surface area contributed by atoms with E-state index in [1.165, 1.54) is 11.6 Å². The predicted molar refractivity (Wildman–Crippen MR) is 124 cm³/mol. The van der Waals surface area contributed by atoms with Gasteiger partial charge in [0, 0.05) is 18.3 Å². The Bertz CT molecular complexity index is 1340. The number of pyridine rings is 1. The van der Waals surface area contributed by atoms with Gasteiger partial charge in [0.15, 0.2) is 0 Å². The summed E-state index contributed by atoms with van der Waals surface area (Å²) in [7, 11) is 0. The molecule has 6 heteroatoms. The van der Waals surface area contributed by atoms with Gasteiger partial charge >= 0.3 is 0 Å². The molecule has 1 unspecified atom stereocenters. The standard InChI is InChI=1S/C25H26N4O2/c1-16(2)18-8-10-19(11-9-18)27-14-20(30)15-28-22-6-4-5-7-23(22)29-24(31)12-17(3)21(13-26)25(28)29/h4-12,16,20,27,30H,14-15H2,1-3H3. The van der Waals surface area contributed by atoms with Crippen LogP contribution in [0.5, 0.6) is 0 Å². The van der Waals surface area contributed by atoms with Crippen LogP contribution in [0.3, 0.4) is 0 Å². The third kappa shape index (κ3) is 3.80. The van der Waals surface area contributed by atoms with Crippen molar-refractivity contribution >= 4 is 22.4 Å². The van der Waals surface area contributed by atoms with Gasteiger partial charge in [-0.1, -0.05) is 38.1 Å². The van der Waals surface area contributed by atoms with Gasteiger partial charge < -0.3 is 15.0 Å². The summed E-state index contributed by atoms with van der Waals surface area (Å²) < 4.78 is 3.43. The minimum Gasteiger partial charge on any atom is -0.389 e. The van der Waals surface area contributed by atoms with Gasteiger partial charge in [0.2, 0.25) is 0 Å². The number of anilines is 1. The first-order valence-electron chi connectivity index (χ1n) is 10.5. The first kappa shape index (κ1) is 20.7. The number of aliphatic hydroxyl groups excluding tert-OH is 1. The monoisotopic (exact) mass is 414 g/mol. The average Bonchev–Trinajstić information content (AvgIpc) is 3.07. The van der Waals surface area contributed by atoms with E-state index in [4.69, 9.17) is 0 Å². The van der Waals surface area contributed by atoms with Crippen molar-refractivity contribution in [3.05, 3.63) is 81.6 Å². The Morgan fingerprint density at radius 3 is 2.42 bits per heavy atom. The molecule has 0 saturated heterocycles. The highest BCUT2D eigenvalue weighted by molar-refractivity contribution is 5.84. The van der Waals surface area contributed by atoms with E-state index in [9.17, 15) is 15.2 Å². The lowest BCUT2D eigenvalue weighted by molar-refractivity contribution is 0.169. The van der Waals surface area contributed by atoms with Crippen LogP contribution < -0.4 is 10.9 Å². The molecule has 31 heavy (non-hydrogen) atoms. The van der Waals surface area contributed by atoms with Crippen molar-refractivity contribution in [3.8, 4) is 6.07 Å². The number of hydrogen-bond acceptors (Lipinski definition) is 4. The Morgan fingerprint density at radius 2 is 1.77 bits per heavy atom. The Hall–Kier alpha value is -3.56. The lowest BCUT2D eigenvalue weighted by Crippen LogP contribution is -2.25. The molecule has 0 aliphatic carbocycles. The van der Waals surface area contributed by atoms with Crippen molar-refractivity contribution in [1.82, 2.24) is 8.97 Å². The van der Waals surface area contributed by atoms with Gasteiger partial charge in [-0.15, -0.1) is 0 Å². The SMILES string of the molecule is Cc1cc(=O)n2c3ccccc3n(CC(O)CNc3ccc(C(C)C)cc3)c2c1C#N. The molecule has 0 bridgehead atoms. The van der Waals surface area contributed by atoms with E-state index >= 15 is 0 Å². The average molecular weight is 415 g/mol. The highest BCUT2D eigenvalue weighted by Gasteiger charge is 2.19. The molecule has 2 N–H and O–H groups in total. The van der Waals surface area contributed by atoms with E-state index in [0.717, 1.165) is 16.7 Å². The summed E-state index contributed by atoms with van der Waals surface area (Å²) in [5.74, 6) is 0.469. The number of nitriles is 1. The number of nitrogens with zero attached hydrogens (tertiary/aromatic N) is 3. The smallest absolute Gasteiger partial charge is 0.257 e. The molecular formula is C25H26N4O2. The molecule has 6 nitrogen and oxygen atoms in total. The summed E-state index contributed by atoms with van der Waals surface area (Å²) >= 11 is 0. The number of aliphatic hydroxyl groups is 1. The first-order valence-corrected chi connectivity index (χ1v) is 10.5. The first-order chi connectivity index (χ1) is 14.9. The van der Waals surface area contributed by atoms with E-state index in [0.29, 0.717) is 29.2 Å². The van der Waals surface area contributed by atoms with Crippen molar-refractivity contribution in [2.24, 2.45) is 0 Å². The fourth-order valence-corrected chi connectivity index (χ4v) is 4.02. The maximum absolute atomic E-state index is 12.7. The summed E-state index contributed by atoms with van der Waals surface area (Å²) in [6, 6.07) is 19.4. The van der Waals surface area contributed by atoms with Crippen molar-refractivity contribution in [1.29, 1.82) is 5.26 Å². The van der Waals surface area contributed by atoms with E-state index in [-0.39, 0.29) is 12.1 Å². The van der Waals surface area contributed by atoms with Crippen LogP contribution in [-0.2, 0) is 6.54 Å². The normalized spacial score (nSPS) is 12.4. The summed E-state index contributed by atoms with van der Waals surface area (Å²) in [5.41, 5.74) is 5.16. The van der Waals surface area contributed by atoms with Crippen LogP contribution in [0.1, 0.15) is 36.5 Å². The number of nitrogens with one attached hydrogen (secondary N) is 1. The van der Waals surface area contributed by atoms with Gasteiger partial charge in [-0.3, -0.25) is 9.20 Å². The summed E-state index contributed by atoms with van der Waals surface area (Å²) in [6.45, 7) is 6.67. The molecule has 2 aromatic heterocycles. The molecule has 2 aromatic carbocycles. The second kappa shape index (κ2) is 8.29. The molecule has 2 heterocycles. The zero-order valence-corrected chi connectivity index (χ0v) is 18.0. The topological polar surface area (TPSA) is 82.5 Å². The van der Waals surface area contributed by atoms with Gasteiger partial charge in [-0.05, 0) is 48.2 Å². The van der Waals surface area contributed by atoms with Crippen LogP contribution in [0, 0.1) is 18.3 Å². The summed E-state index contributed by atoms with van der Waals surface area (Å²) in [5, 5.41) is 23.8. The number of para-hydroxylation sites is 2. The number of benzene rings is 2. The zero-order chi connectivity index (χ0) is 22.1. The lowest BCUT2D eigenvalue weighted by Gasteiger charge is -2.16. The zero-order valence-electron chi connectivity index (χ0n) is 18.0. The van der Waals surface area contributed by atoms with E-state index in [2.05, 4.69) is 37.4 Å². The number of aryl methyl sites for hydroxylation is 1. The van der Waals surface area contributed by atoms with Gasteiger partial charge in [0.1, 0.15) is 11.7 Å². The quantitative estimate of drug-likeness (QED) is 0.499. The van der Waals surface area contributed by atoms with Crippen molar-refractivity contribution in [2.45, 2.75) is 39.3 Å². The molecule has 0 fully saturated rings. The van der Waals surface area contributed by atoms with E-state index < -0.39 is 6.10 Å². The van der Waals surface area contributed by atoms with Crippen LogP contribution in [-0.4, -0.2) is 26.7 Å². The third-order valence-corrected chi connectivity index (χ3v) is 5.68. The number of rotatable bonds is 6. The molecule has 4 aromatic rings. The fourth-order valence-electron chi connectivity index (χ4n) is 4.02. The Kier molecular flexibility index (Phi) is 5.53. The minimum absolute atomic E-state index is 0.181. The van der Waals surface area contributed by atoms with Crippen LogP contribution >= 0.6 is 0 Å². The number of aromatic nitrogens is 2. The molecule has 0 spiro atoms. The lowest BCUT2D eigenvalue weighted by atomic mass is 10.0. The van der Waals surface area contributed by atoms with Gasteiger partial charge in [0.05, 0.1) is 29.2 Å². The van der Waals surface area contributed by atoms with Crippen molar-refractivity contribution in [2.75, 3.05) is 11.9 Å². The maximum Gasteiger partial charge on any atom is 0.257 e. The minimum atomic E-state index is -0.716. The highest BCUT2D eigenvalue weighted by atomic mass is 16.3. The largest absolute Gasteiger partial charge is 0.389 e. The number of fused-ring (bicyclic) bond motifs is 3. The van der Waals surface area contributed by atoms with Crippen LogP contribution in [0.2, 0.25) is 0 Å². The highest BCUT2D eigenvalue weighted by Crippen LogP contribution is 2.24. The summed E-state index contributed by atoms with van der Waals surface area (Å²) in [4.78, 5) is 12.7. The molecule has 4 rings (SSSR count). The molecular weight excluding hydrogens is 388 g/mol. The molecule has 0 radical (unpaired) electrons. The number of imidazole rings is 1. The maximum atomic E-state index is 12.7. The Balaban J connectivity index is 1.67. The Labute approximate surface area is 181 Å². The van der Waals surface area contributed by atoms with Crippen LogP contribution in [0.15, 0.2) is 59.4 Å². The molecule has 0 amide bonds. The fraction of sp³-hybridized carbons (Fsp3) is 0.280. The second-order valence-corrected chi connectivity index (χ2v) is 8.22. The van der Waals surface area contributed by atoms with Crippen LogP contribution in [0.4, 0.5) is 5.69 Å². The molecule has 0 aliphatic heterocycles. The molecule has 0 aliphatic rings. The van der Waals surface area contributed by atoms with Gasteiger partial charge in [0.25, 0.3) is 5.56 Å². The third-order valence-electron chi connectivity index (χ3n) is 5.68. The second-order valence-electron chi connectivity index (χ2n) is 8.22. The number of hydrogen-bond donors (Lipinski definition) is 2. The van der Waals surface area contributed by atoms with Crippen LogP contribution in [0.25, 0.3) is 16.7 Å². The van der Waals surface area contributed by atoms with Crippen molar-refractivity contribution < 1.29 is 5.11 Å². The molecule has 1 atom stereocenters. The Morgan fingerprint density at radius 1 is 1.10 bits per heavy atom. The van der Waals surface area contributed by atoms with Gasteiger partial charge in [-0.2, -0.15) is 5.26 Å².